The second-order valence-electron chi connectivity index (χ2n) is 5.39. The maximum atomic E-state index is 12.0. The van der Waals surface area contributed by atoms with Gasteiger partial charge >= 0.3 is 6.09 Å². The molecule has 0 bridgehead atoms. The molecule has 126 valence electrons. The zero-order valence-electron chi connectivity index (χ0n) is 13.7. The molecule has 3 aromatic carbocycles. The van der Waals surface area contributed by atoms with Gasteiger partial charge in [-0.25, -0.2) is 4.79 Å². The van der Waals surface area contributed by atoms with Gasteiger partial charge in [0.1, 0.15) is 11.5 Å². The predicted octanol–water partition coefficient (Wildman–Crippen LogP) is 4.56. The molecule has 0 aromatic heterocycles. The van der Waals surface area contributed by atoms with Gasteiger partial charge < -0.3 is 15.2 Å². The van der Waals surface area contributed by atoms with Crippen LogP contribution in [0.2, 0.25) is 0 Å². The molecule has 0 radical (unpaired) electrons. The topological polar surface area (TPSA) is 73.6 Å². The van der Waals surface area contributed by atoms with E-state index in [0.29, 0.717) is 17.2 Å². The van der Waals surface area contributed by atoms with Crippen LogP contribution in [0.25, 0.3) is 11.1 Å². The summed E-state index contributed by atoms with van der Waals surface area (Å²) in [6.45, 7) is 0. The Balaban J connectivity index is 1.62. The molecule has 5 nitrogen and oxygen atoms in total. The van der Waals surface area contributed by atoms with Crippen molar-refractivity contribution in [3.8, 4) is 22.6 Å². The Bertz CT molecular complexity index is 842. The van der Waals surface area contributed by atoms with Gasteiger partial charge in [-0.2, -0.15) is 0 Å². The second-order valence-corrected chi connectivity index (χ2v) is 5.39. The summed E-state index contributed by atoms with van der Waals surface area (Å²) >= 11 is 0. The molecule has 0 unspecified atom stereocenters. The summed E-state index contributed by atoms with van der Waals surface area (Å²) in [7, 11) is 1.58. The third-order valence-electron chi connectivity index (χ3n) is 3.65. The molecule has 3 aromatic rings. The number of carbonyl (C=O) groups excluding carboxylic acids is 1. The lowest BCUT2D eigenvalue weighted by Gasteiger charge is -2.08. The predicted molar refractivity (Wildman–Crippen MR) is 98.9 cm³/mol. The van der Waals surface area contributed by atoms with Crippen LogP contribution in [0, 0.1) is 0 Å². The van der Waals surface area contributed by atoms with Gasteiger partial charge in [0.2, 0.25) is 0 Å². The number of methoxy groups -OCH3 is 1. The molecule has 0 aliphatic carbocycles. The summed E-state index contributed by atoms with van der Waals surface area (Å²) in [4.78, 5) is 12.0. The van der Waals surface area contributed by atoms with Gasteiger partial charge in [0, 0.05) is 11.4 Å². The van der Waals surface area contributed by atoms with Crippen LogP contribution in [0.3, 0.4) is 0 Å². The van der Waals surface area contributed by atoms with Crippen LogP contribution in [-0.2, 0) is 0 Å². The van der Waals surface area contributed by atoms with E-state index in [2.05, 4.69) is 5.32 Å². The Labute approximate surface area is 146 Å². The van der Waals surface area contributed by atoms with Crippen molar-refractivity contribution in [2.45, 2.75) is 0 Å². The van der Waals surface area contributed by atoms with Crippen LogP contribution < -0.4 is 20.5 Å². The maximum absolute atomic E-state index is 12.0. The minimum absolute atomic E-state index is 0.441. The Morgan fingerprint density at radius 1 is 0.800 bits per heavy atom. The van der Waals surface area contributed by atoms with Crippen LogP contribution in [0.1, 0.15) is 0 Å². The number of hydrogen-bond donors (Lipinski definition) is 2. The lowest BCUT2D eigenvalue weighted by atomic mass is 10.1. The minimum atomic E-state index is -0.551. The van der Waals surface area contributed by atoms with Gasteiger partial charge in [0.25, 0.3) is 0 Å². The number of ether oxygens (including phenoxy) is 2. The number of rotatable bonds is 4. The van der Waals surface area contributed by atoms with Crippen LogP contribution in [0.5, 0.6) is 11.5 Å². The molecule has 1 amide bonds. The summed E-state index contributed by atoms with van der Waals surface area (Å²) in [6.07, 6.45) is -0.551. The number of carbonyl (C=O) groups is 1. The Morgan fingerprint density at radius 3 is 1.88 bits per heavy atom. The number of nitrogen functional groups attached to an aromatic ring is 1. The highest BCUT2D eigenvalue weighted by Crippen LogP contribution is 2.23. The van der Waals surface area contributed by atoms with Crippen molar-refractivity contribution in [3.05, 3.63) is 72.8 Å². The summed E-state index contributed by atoms with van der Waals surface area (Å²) in [5.41, 5.74) is 9.16. The van der Waals surface area contributed by atoms with Crippen molar-refractivity contribution in [2.24, 2.45) is 0 Å². The first-order valence-corrected chi connectivity index (χ1v) is 7.73. The first-order chi connectivity index (χ1) is 12.1. The minimum Gasteiger partial charge on any atom is -0.497 e. The first-order valence-electron chi connectivity index (χ1n) is 7.73. The zero-order valence-corrected chi connectivity index (χ0v) is 13.7. The molecular formula is C20H18N2O3. The van der Waals surface area contributed by atoms with Crippen molar-refractivity contribution in [1.82, 2.24) is 0 Å². The van der Waals surface area contributed by atoms with Crippen molar-refractivity contribution in [3.63, 3.8) is 0 Å². The number of amides is 1. The van der Waals surface area contributed by atoms with Crippen molar-refractivity contribution in [2.75, 3.05) is 18.2 Å². The number of anilines is 2. The van der Waals surface area contributed by atoms with E-state index in [9.17, 15) is 4.79 Å². The van der Waals surface area contributed by atoms with E-state index < -0.39 is 6.09 Å². The Hall–Kier alpha value is -3.47. The summed E-state index contributed by atoms with van der Waals surface area (Å²) < 4.78 is 10.3. The van der Waals surface area contributed by atoms with E-state index >= 15 is 0 Å². The molecule has 5 heteroatoms. The van der Waals surface area contributed by atoms with E-state index in [1.54, 1.807) is 31.4 Å². The summed E-state index contributed by atoms with van der Waals surface area (Å²) in [5.74, 6) is 1.14. The SMILES string of the molecule is COc1ccc(OC(=O)Nc2ccc(-c3ccc(N)cc3)cc2)cc1. The van der Waals surface area contributed by atoms with Crippen molar-refractivity contribution in [1.29, 1.82) is 0 Å². The average Bonchev–Trinajstić information content (AvgIpc) is 2.64. The van der Waals surface area contributed by atoms with Gasteiger partial charge in [0.05, 0.1) is 7.11 Å². The molecule has 0 fully saturated rings. The lowest BCUT2D eigenvalue weighted by molar-refractivity contribution is 0.215. The van der Waals surface area contributed by atoms with Gasteiger partial charge in [-0.15, -0.1) is 0 Å². The Morgan fingerprint density at radius 2 is 1.32 bits per heavy atom. The first kappa shape index (κ1) is 16.4. The van der Waals surface area contributed by atoms with Gasteiger partial charge in [-0.1, -0.05) is 24.3 Å². The van der Waals surface area contributed by atoms with E-state index in [0.717, 1.165) is 16.8 Å². The van der Waals surface area contributed by atoms with Crippen LogP contribution in [0.15, 0.2) is 72.8 Å². The summed E-state index contributed by atoms with van der Waals surface area (Å²) in [6, 6.07) is 21.9. The molecule has 0 spiro atoms. The fourth-order valence-electron chi connectivity index (χ4n) is 2.32. The average molecular weight is 334 g/mol. The molecule has 3 rings (SSSR count). The van der Waals surface area contributed by atoms with E-state index in [-0.39, 0.29) is 0 Å². The van der Waals surface area contributed by atoms with Crippen LogP contribution in [0.4, 0.5) is 16.2 Å². The third kappa shape index (κ3) is 4.29. The zero-order chi connectivity index (χ0) is 17.6. The van der Waals surface area contributed by atoms with Crippen LogP contribution in [-0.4, -0.2) is 13.2 Å². The van der Waals surface area contributed by atoms with Gasteiger partial charge in [0.15, 0.2) is 0 Å². The van der Waals surface area contributed by atoms with Gasteiger partial charge in [-0.3, -0.25) is 5.32 Å². The van der Waals surface area contributed by atoms with Gasteiger partial charge in [-0.05, 0) is 59.7 Å². The number of benzene rings is 3. The third-order valence-corrected chi connectivity index (χ3v) is 3.65. The molecular weight excluding hydrogens is 316 g/mol. The molecule has 0 aliphatic heterocycles. The standard InChI is InChI=1S/C20H18N2O3/c1-24-18-10-12-19(13-11-18)25-20(23)22-17-8-4-15(5-9-17)14-2-6-16(21)7-3-14/h2-13H,21H2,1H3,(H,22,23). The van der Waals surface area contributed by atoms with Crippen molar-refractivity contribution < 1.29 is 14.3 Å². The number of hydrogen-bond acceptors (Lipinski definition) is 4. The molecule has 0 aliphatic rings. The molecule has 3 N–H and O–H groups in total. The van der Waals surface area contributed by atoms with Crippen LogP contribution >= 0.6 is 0 Å². The molecule has 0 heterocycles. The highest BCUT2D eigenvalue weighted by molar-refractivity contribution is 5.86. The molecule has 25 heavy (non-hydrogen) atoms. The van der Waals surface area contributed by atoms with E-state index in [4.69, 9.17) is 15.2 Å². The number of nitrogens with two attached hydrogens (primary N) is 1. The summed E-state index contributed by atoms with van der Waals surface area (Å²) in [5, 5.41) is 2.69. The fraction of sp³-hybridized carbons (Fsp3) is 0.0500. The van der Waals surface area contributed by atoms with E-state index in [1.807, 2.05) is 48.5 Å². The molecule has 0 saturated carbocycles. The second kappa shape index (κ2) is 7.40. The largest absolute Gasteiger partial charge is 0.497 e. The monoisotopic (exact) mass is 334 g/mol. The highest BCUT2D eigenvalue weighted by atomic mass is 16.6. The Kier molecular flexibility index (Phi) is 4.85. The normalized spacial score (nSPS) is 10.1. The highest BCUT2D eigenvalue weighted by Gasteiger charge is 2.06. The quantitative estimate of drug-likeness (QED) is 0.686. The smallest absolute Gasteiger partial charge is 0.417 e. The number of nitrogens with one attached hydrogen (secondary N) is 1. The van der Waals surface area contributed by atoms with Crippen molar-refractivity contribution >= 4 is 17.5 Å². The lowest BCUT2D eigenvalue weighted by Crippen LogP contribution is -2.16. The van der Waals surface area contributed by atoms with E-state index in [1.165, 1.54) is 0 Å². The maximum Gasteiger partial charge on any atom is 0.417 e. The fourth-order valence-corrected chi connectivity index (χ4v) is 2.32. The molecule has 0 atom stereocenters. The molecule has 0 saturated heterocycles.